The summed E-state index contributed by atoms with van der Waals surface area (Å²) in [6.45, 7) is 1.62. The first kappa shape index (κ1) is 17.3. The summed E-state index contributed by atoms with van der Waals surface area (Å²) >= 11 is 5.88. The van der Waals surface area contributed by atoms with E-state index in [1.807, 2.05) is 0 Å². The Morgan fingerprint density at radius 2 is 1.87 bits per heavy atom. The Kier molecular flexibility index (Phi) is 5.25. The molecule has 0 radical (unpaired) electrons. The zero-order valence-electron chi connectivity index (χ0n) is 12.2. The van der Waals surface area contributed by atoms with Crippen molar-refractivity contribution in [1.29, 1.82) is 0 Å². The molecule has 3 N–H and O–H groups in total. The maximum absolute atomic E-state index is 12.2. The molecule has 2 rings (SSSR count). The van der Waals surface area contributed by atoms with E-state index in [0.717, 1.165) is 5.56 Å². The lowest BCUT2D eigenvalue weighted by Crippen LogP contribution is -2.21. The number of aryl methyl sites for hydroxylation is 1. The minimum atomic E-state index is -3.99. The summed E-state index contributed by atoms with van der Waals surface area (Å²) in [7, 11) is -3.99. The van der Waals surface area contributed by atoms with E-state index in [0.29, 0.717) is 10.7 Å². The minimum Gasteiger partial charge on any atom is -0.379 e. The van der Waals surface area contributed by atoms with E-state index in [1.165, 1.54) is 30.3 Å². The molecule has 0 unspecified atom stereocenters. The molecule has 0 spiro atoms. The minimum absolute atomic E-state index is 0.0409. The molecule has 8 heteroatoms. The van der Waals surface area contributed by atoms with Gasteiger partial charge in [0.1, 0.15) is 10.6 Å². The van der Waals surface area contributed by atoms with Crippen LogP contribution in [0.5, 0.6) is 5.75 Å². The molecule has 0 atom stereocenters. The van der Waals surface area contributed by atoms with Gasteiger partial charge in [0.15, 0.2) is 0 Å². The summed E-state index contributed by atoms with van der Waals surface area (Å²) in [5.74, 6) is -0.234. The third-order valence-corrected chi connectivity index (χ3v) is 4.31. The second-order valence-corrected chi connectivity index (χ2v) is 6.76. The van der Waals surface area contributed by atoms with Crippen LogP contribution in [0, 0.1) is 6.92 Å². The van der Waals surface area contributed by atoms with Gasteiger partial charge in [0, 0.05) is 16.8 Å². The van der Waals surface area contributed by atoms with E-state index < -0.39 is 10.1 Å². The first-order valence-electron chi connectivity index (χ1n) is 6.62. The van der Waals surface area contributed by atoms with Crippen molar-refractivity contribution in [2.45, 2.75) is 11.8 Å². The van der Waals surface area contributed by atoms with Crippen LogP contribution in [0.4, 0.5) is 5.69 Å². The molecular weight excluding hydrogens is 340 g/mol. The summed E-state index contributed by atoms with van der Waals surface area (Å²) in [5, 5.41) is 2.90. The van der Waals surface area contributed by atoms with Crippen molar-refractivity contribution in [1.82, 2.24) is 0 Å². The van der Waals surface area contributed by atoms with Crippen LogP contribution in [0.25, 0.3) is 0 Å². The van der Waals surface area contributed by atoms with Crippen LogP contribution < -0.4 is 15.2 Å². The monoisotopic (exact) mass is 354 g/mol. The Morgan fingerprint density at radius 3 is 2.43 bits per heavy atom. The second-order valence-electron chi connectivity index (χ2n) is 4.78. The van der Waals surface area contributed by atoms with Crippen LogP contribution in [-0.4, -0.2) is 20.9 Å². The highest BCUT2D eigenvalue weighted by atomic mass is 35.5. The highest BCUT2D eigenvalue weighted by Gasteiger charge is 2.17. The van der Waals surface area contributed by atoms with Gasteiger partial charge in [-0.05, 0) is 48.9 Å². The highest BCUT2D eigenvalue weighted by molar-refractivity contribution is 7.87. The lowest BCUT2D eigenvalue weighted by Gasteiger charge is -2.09. The smallest absolute Gasteiger partial charge is 0.339 e. The van der Waals surface area contributed by atoms with Crippen molar-refractivity contribution in [2.75, 3.05) is 11.9 Å². The predicted octanol–water partition coefficient (Wildman–Crippen LogP) is 2.31. The maximum Gasteiger partial charge on any atom is 0.339 e. The Bertz CT molecular complexity index is 800. The van der Waals surface area contributed by atoms with E-state index in [1.54, 1.807) is 19.1 Å². The molecule has 0 aliphatic heterocycles. The number of benzene rings is 2. The number of nitrogens with two attached hydrogens (primary N) is 1. The third kappa shape index (κ3) is 4.69. The van der Waals surface area contributed by atoms with Gasteiger partial charge in [0.05, 0.1) is 6.54 Å². The van der Waals surface area contributed by atoms with Crippen molar-refractivity contribution in [3.05, 3.63) is 53.1 Å². The number of nitrogens with one attached hydrogen (secondary N) is 1. The fourth-order valence-corrected chi connectivity index (χ4v) is 3.04. The lowest BCUT2D eigenvalue weighted by atomic mass is 10.2. The van der Waals surface area contributed by atoms with Crippen molar-refractivity contribution < 1.29 is 17.4 Å². The normalized spacial score (nSPS) is 11.1. The van der Waals surface area contributed by atoms with Gasteiger partial charge in [-0.25, -0.2) is 0 Å². The molecule has 23 heavy (non-hydrogen) atoms. The highest BCUT2D eigenvalue weighted by Crippen LogP contribution is 2.24. The number of carbonyl (C=O) groups is 1. The molecule has 0 heterocycles. The van der Waals surface area contributed by atoms with Gasteiger partial charge in [-0.15, -0.1) is 0 Å². The first-order chi connectivity index (χ1) is 10.8. The van der Waals surface area contributed by atoms with Crippen molar-refractivity contribution in [3.63, 3.8) is 0 Å². The molecule has 122 valence electrons. The number of amides is 1. The van der Waals surface area contributed by atoms with Crippen molar-refractivity contribution >= 4 is 33.3 Å². The molecule has 2 aromatic carbocycles. The quantitative estimate of drug-likeness (QED) is 0.803. The number of halogens is 1. The molecular formula is C15H15ClN2O4S. The van der Waals surface area contributed by atoms with Gasteiger partial charge < -0.3 is 15.2 Å². The van der Waals surface area contributed by atoms with Crippen LogP contribution in [0.15, 0.2) is 47.4 Å². The summed E-state index contributed by atoms with van der Waals surface area (Å²) in [4.78, 5) is 11.1. The zero-order valence-corrected chi connectivity index (χ0v) is 13.8. The zero-order chi connectivity index (χ0) is 17.0. The van der Waals surface area contributed by atoms with Crippen LogP contribution in [-0.2, 0) is 14.9 Å². The van der Waals surface area contributed by atoms with E-state index in [4.69, 9.17) is 21.5 Å². The summed E-state index contributed by atoms with van der Waals surface area (Å²) in [6, 6.07) is 10.2. The van der Waals surface area contributed by atoms with Gasteiger partial charge in [0.2, 0.25) is 5.91 Å². The fourth-order valence-electron chi connectivity index (χ4n) is 1.84. The topological polar surface area (TPSA) is 98.5 Å². The van der Waals surface area contributed by atoms with Crippen LogP contribution in [0.1, 0.15) is 5.56 Å². The van der Waals surface area contributed by atoms with Gasteiger partial charge in [-0.1, -0.05) is 11.6 Å². The largest absolute Gasteiger partial charge is 0.379 e. The molecule has 0 bridgehead atoms. The second kappa shape index (κ2) is 6.99. The number of hydrogen-bond donors (Lipinski definition) is 2. The van der Waals surface area contributed by atoms with Crippen LogP contribution >= 0.6 is 11.6 Å². The van der Waals surface area contributed by atoms with Crippen molar-refractivity contribution in [2.24, 2.45) is 5.73 Å². The molecule has 0 saturated carbocycles. The van der Waals surface area contributed by atoms with E-state index >= 15 is 0 Å². The molecule has 1 amide bonds. The van der Waals surface area contributed by atoms with E-state index in [-0.39, 0.29) is 23.1 Å². The molecule has 0 fully saturated rings. The SMILES string of the molecule is Cc1cc(Cl)cc(OS(=O)(=O)c2ccc(NC(=O)CN)cc2)c1. The van der Waals surface area contributed by atoms with Crippen molar-refractivity contribution in [3.8, 4) is 5.75 Å². The number of hydrogen-bond acceptors (Lipinski definition) is 5. The first-order valence-corrected chi connectivity index (χ1v) is 8.40. The summed E-state index contributed by atoms with van der Waals surface area (Å²) < 4.78 is 29.6. The number of rotatable bonds is 5. The Hall–Kier alpha value is -2.09. The molecule has 0 aliphatic rings. The molecule has 6 nitrogen and oxygen atoms in total. The molecule has 0 aliphatic carbocycles. The van der Waals surface area contributed by atoms with Crippen LogP contribution in [0.2, 0.25) is 5.02 Å². The van der Waals surface area contributed by atoms with E-state index in [9.17, 15) is 13.2 Å². The van der Waals surface area contributed by atoms with Crippen LogP contribution in [0.3, 0.4) is 0 Å². The summed E-state index contributed by atoms with van der Waals surface area (Å²) in [5.41, 5.74) is 6.41. The number of anilines is 1. The van der Waals surface area contributed by atoms with Gasteiger partial charge >= 0.3 is 10.1 Å². The third-order valence-electron chi connectivity index (χ3n) is 2.83. The summed E-state index contributed by atoms with van der Waals surface area (Å²) in [6.07, 6.45) is 0. The average Bonchev–Trinajstić information content (AvgIpc) is 2.46. The molecule has 2 aromatic rings. The van der Waals surface area contributed by atoms with Gasteiger partial charge in [0.25, 0.3) is 0 Å². The Labute approximate surface area is 139 Å². The Morgan fingerprint density at radius 1 is 1.22 bits per heavy atom. The molecule has 0 saturated heterocycles. The molecule has 0 aromatic heterocycles. The van der Waals surface area contributed by atoms with Gasteiger partial charge in [-0.2, -0.15) is 8.42 Å². The predicted molar refractivity (Wildman–Crippen MR) is 88.1 cm³/mol. The standard InChI is InChI=1S/C15H15ClN2O4S/c1-10-6-11(16)8-13(7-10)22-23(20,21)14-4-2-12(3-5-14)18-15(19)9-17/h2-8H,9,17H2,1H3,(H,18,19). The van der Waals surface area contributed by atoms with E-state index in [2.05, 4.69) is 5.32 Å². The maximum atomic E-state index is 12.2. The lowest BCUT2D eigenvalue weighted by molar-refractivity contribution is -0.114. The fraction of sp³-hybridized carbons (Fsp3) is 0.133. The Balaban J connectivity index is 2.20. The number of carbonyl (C=O) groups excluding carboxylic acids is 1. The van der Waals surface area contributed by atoms with Gasteiger partial charge in [-0.3, -0.25) is 4.79 Å². The average molecular weight is 355 g/mol.